The fourth-order valence-electron chi connectivity index (χ4n) is 3.61. The number of thiophene rings is 1. The van der Waals surface area contributed by atoms with Crippen LogP contribution in [0.3, 0.4) is 0 Å². The summed E-state index contributed by atoms with van der Waals surface area (Å²) in [6, 6.07) is 9.54. The number of carbonyl (C=O) groups is 2. The molecule has 4 aromatic rings. The Hall–Kier alpha value is -4.19. The lowest BCUT2D eigenvalue weighted by Crippen LogP contribution is -2.28. The number of rotatable bonds is 4. The molecule has 0 saturated heterocycles. The number of aromatic nitrogens is 2. The molecule has 8 nitrogen and oxygen atoms in total. The maximum absolute atomic E-state index is 12.8. The number of hydrogen-bond donors (Lipinski definition) is 3. The van der Waals surface area contributed by atoms with Crippen molar-refractivity contribution in [3.63, 3.8) is 0 Å². The van der Waals surface area contributed by atoms with Crippen LogP contribution in [0, 0.1) is 0 Å². The molecular weight excluding hydrogens is 485 g/mol. The van der Waals surface area contributed by atoms with Crippen molar-refractivity contribution in [3.05, 3.63) is 75.1 Å². The molecular formula is C23H15F3N4O4S. The Morgan fingerprint density at radius 1 is 1.14 bits per heavy atom. The van der Waals surface area contributed by atoms with Crippen molar-refractivity contribution in [1.82, 2.24) is 15.3 Å². The number of H-pyrrole nitrogens is 1. The van der Waals surface area contributed by atoms with Gasteiger partial charge in [-0.25, -0.2) is 4.98 Å². The molecule has 0 atom stereocenters. The summed E-state index contributed by atoms with van der Waals surface area (Å²) in [5.74, 6) is -0.567. The second-order valence-corrected chi connectivity index (χ2v) is 8.53. The molecule has 12 heteroatoms. The molecule has 0 saturated carbocycles. The predicted molar refractivity (Wildman–Crippen MR) is 122 cm³/mol. The fourth-order valence-corrected chi connectivity index (χ4v) is 4.56. The molecule has 0 aliphatic carbocycles. The summed E-state index contributed by atoms with van der Waals surface area (Å²) in [4.78, 5) is 43.8. The van der Waals surface area contributed by atoms with E-state index >= 15 is 0 Å². The third-order valence-electron chi connectivity index (χ3n) is 5.31. The van der Waals surface area contributed by atoms with E-state index in [0.717, 1.165) is 23.5 Å². The van der Waals surface area contributed by atoms with Crippen LogP contribution in [0.2, 0.25) is 0 Å². The lowest BCUT2D eigenvalue weighted by molar-refractivity contribution is -0.137. The fraction of sp³-hybridized carbons (Fsp3) is 0.130. The van der Waals surface area contributed by atoms with Gasteiger partial charge in [0, 0.05) is 17.5 Å². The van der Waals surface area contributed by atoms with Crippen LogP contribution in [-0.2, 0) is 17.5 Å². The minimum Gasteiger partial charge on any atom is -0.482 e. The number of fused-ring (bicyclic) bond motifs is 2. The van der Waals surface area contributed by atoms with Crippen molar-refractivity contribution in [1.29, 1.82) is 0 Å². The second-order valence-electron chi connectivity index (χ2n) is 7.67. The standard InChI is InChI=1S/C23H15F3N4O4S/c24-23(25,26)13-4-2-12(3-5-13)14-10-35-22-18(14)20(32)29-19(30-22)21(33)27-8-11-1-6-16-15(7-11)28-17(31)9-34-16/h1-7,10H,8-9H2,(H,27,33)(H,28,31)(H,29,30,32). The topological polar surface area (TPSA) is 113 Å². The van der Waals surface area contributed by atoms with Crippen molar-refractivity contribution in [3.8, 4) is 16.9 Å². The minimum absolute atomic E-state index is 0.0616. The van der Waals surface area contributed by atoms with Crippen molar-refractivity contribution in [2.24, 2.45) is 0 Å². The van der Waals surface area contributed by atoms with Crippen LogP contribution >= 0.6 is 11.3 Å². The normalized spacial score (nSPS) is 13.2. The molecule has 35 heavy (non-hydrogen) atoms. The van der Waals surface area contributed by atoms with Gasteiger partial charge in [0.25, 0.3) is 17.4 Å². The Morgan fingerprint density at radius 3 is 2.66 bits per heavy atom. The van der Waals surface area contributed by atoms with Gasteiger partial charge in [0.1, 0.15) is 10.6 Å². The molecule has 2 amide bonds. The number of benzene rings is 2. The molecule has 2 aromatic heterocycles. The van der Waals surface area contributed by atoms with Crippen LogP contribution in [-0.4, -0.2) is 28.4 Å². The maximum atomic E-state index is 12.8. The summed E-state index contributed by atoms with van der Waals surface area (Å²) in [6.07, 6.45) is -4.46. The van der Waals surface area contributed by atoms with E-state index in [0.29, 0.717) is 28.1 Å². The summed E-state index contributed by atoms with van der Waals surface area (Å²) in [5.41, 5.74) is 0.669. The van der Waals surface area contributed by atoms with E-state index in [2.05, 4.69) is 20.6 Å². The number of halogens is 3. The second kappa shape index (κ2) is 8.55. The molecule has 178 valence electrons. The molecule has 1 aliphatic heterocycles. The maximum Gasteiger partial charge on any atom is 0.416 e. The van der Waals surface area contributed by atoms with Gasteiger partial charge >= 0.3 is 6.18 Å². The van der Waals surface area contributed by atoms with Crippen molar-refractivity contribution in [2.75, 3.05) is 11.9 Å². The molecule has 1 aliphatic rings. The van der Waals surface area contributed by atoms with Crippen LogP contribution in [0.15, 0.2) is 52.6 Å². The average molecular weight is 500 g/mol. The van der Waals surface area contributed by atoms with Gasteiger partial charge in [-0.05, 0) is 35.4 Å². The zero-order valence-corrected chi connectivity index (χ0v) is 18.5. The molecule has 0 fully saturated rings. The summed E-state index contributed by atoms with van der Waals surface area (Å²) in [6.45, 7) is 0.0405. The van der Waals surface area contributed by atoms with E-state index in [1.807, 2.05) is 0 Å². The first kappa shape index (κ1) is 22.6. The molecule has 5 rings (SSSR count). The van der Waals surface area contributed by atoms with E-state index < -0.39 is 23.2 Å². The number of alkyl halides is 3. The highest BCUT2D eigenvalue weighted by Crippen LogP contribution is 2.34. The molecule has 0 radical (unpaired) electrons. The van der Waals surface area contributed by atoms with Gasteiger partial charge in [0.05, 0.1) is 16.6 Å². The Kier molecular flexibility index (Phi) is 5.52. The van der Waals surface area contributed by atoms with E-state index in [1.165, 1.54) is 12.1 Å². The number of ether oxygens (including phenoxy) is 1. The number of anilines is 1. The molecule has 3 N–H and O–H groups in total. The Morgan fingerprint density at radius 2 is 1.91 bits per heavy atom. The van der Waals surface area contributed by atoms with Gasteiger partial charge in [0.15, 0.2) is 6.61 Å². The van der Waals surface area contributed by atoms with E-state index in [1.54, 1.807) is 23.6 Å². The van der Waals surface area contributed by atoms with Crippen molar-refractivity contribution in [2.45, 2.75) is 12.7 Å². The summed E-state index contributed by atoms with van der Waals surface area (Å²) in [7, 11) is 0. The quantitative estimate of drug-likeness (QED) is 0.393. The summed E-state index contributed by atoms with van der Waals surface area (Å²) < 4.78 is 43.8. The smallest absolute Gasteiger partial charge is 0.416 e. The van der Waals surface area contributed by atoms with Crippen LogP contribution in [0.5, 0.6) is 5.75 Å². The zero-order valence-electron chi connectivity index (χ0n) is 17.7. The highest BCUT2D eigenvalue weighted by Gasteiger charge is 2.30. The van der Waals surface area contributed by atoms with Gasteiger partial charge in [-0.1, -0.05) is 18.2 Å². The number of carbonyl (C=O) groups excluding carboxylic acids is 2. The minimum atomic E-state index is -4.46. The van der Waals surface area contributed by atoms with Crippen LogP contribution < -0.4 is 20.9 Å². The first-order valence-corrected chi connectivity index (χ1v) is 11.1. The van der Waals surface area contributed by atoms with Gasteiger partial charge in [0.2, 0.25) is 5.82 Å². The third kappa shape index (κ3) is 4.47. The Bertz CT molecular complexity index is 1530. The van der Waals surface area contributed by atoms with E-state index in [-0.39, 0.29) is 35.1 Å². The van der Waals surface area contributed by atoms with Crippen LogP contribution in [0.1, 0.15) is 21.7 Å². The van der Waals surface area contributed by atoms with Gasteiger partial charge in [-0.2, -0.15) is 13.2 Å². The highest BCUT2D eigenvalue weighted by molar-refractivity contribution is 7.17. The van der Waals surface area contributed by atoms with Crippen LogP contribution in [0.25, 0.3) is 21.3 Å². The summed E-state index contributed by atoms with van der Waals surface area (Å²) in [5, 5.41) is 7.14. The lowest BCUT2D eigenvalue weighted by atomic mass is 10.0. The molecule has 2 aromatic carbocycles. The van der Waals surface area contributed by atoms with Gasteiger partial charge in [-0.3, -0.25) is 14.4 Å². The Labute approximate surface area is 198 Å². The monoisotopic (exact) mass is 500 g/mol. The molecule has 0 bridgehead atoms. The molecule has 0 unspecified atom stereocenters. The van der Waals surface area contributed by atoms with E-state index in [9.17, 15) is 27.6 Å². The number of aromatic amines is 1. The largest absolute Gasteiger partial charge is 0.482 e. The molecule has 3 heterocycles. The van der Waals surface area contributed by atoms with Gasteiger partial charge in [-0.15, -0.1) is 11.3 Å². The average Bonchev–Trinajstić information content (AvgIpc) is 3.26. The first-order chi connectivity index (χ1) is 16.7. The molecule has 0 spiro atoms. The number of hydrogen-bond acceptors (Lipinski definition) is 6. The number of nitrogens with one attached hydrogen (secondary N) is 3. The number of amides is 2. The lowest BCUT2D eigenvalue weighted by Gasteiger charge is -2.18. The Balaban J connectivity index is 1.35. The first-order valence-electron chi connectivity index (χ1n) is 10.2. The van der Waals surface area contributed by atoms with Crippen molar-refractivity contribution < 1.29 is 27.5 Å². The third-order valence-corrected chi connectivity index (χ3v) is 6.18. The zero-order chi connectivity index (χ0) is 24.7. The van der Waals surface area contributed by atoms with Crippen molar-refractivity contribution >= 4 is 39.1 Å². The van der Waals surface area contributed by atoms with Gasteiger partial charge < -0.3 is 20.4 Å². The SMILES string of the molecule is O=C1COc2ccc(CNC(=O)c3nc4scc(-c5ccc(C(F)(F)F)cc5)c4c(=O)[nH]3)cc2N1. The van der Waals surface area contributed by atoms with E-state index in [4.69, 9.17) is 4.74 Å². The summed E-state index contributed by atoms with van der Waals surface area (Å²) >= 11 is 1.11. The number of nitrogens with zero attached hydrogens (tertiary/aromatic N) is 1. The van der Waals surface area contributed by atoms with Crippen LogP contribution in [0.4, 0.5) is 18.9 Å². The predicted octanol–water partition coefficient (Wildman–Crippen LogP) is 3.93. The highest BCUT2D eigenvalue weighted by atomic mass is 32.1.